The molecule has 0 radical (unpaired) electrons. The second kappa shape index (κ2) is 10.4. The lowest BCUT2D eigenvalue weighted by molar-refractivity contribution is -0.134. The van der Waals surface area contributed by atoms with Crippen LogP contribution in [0.4, 0.5) is 8.78 Å². The summed E-state index contributed by atoms with van der Waals surface area (Å²) >= 11 is 0. The van der Waals surface area contributed by atoms with Crippen molar-refractivity contribution in [3.05, 3.63) is 70.8 Å². The van der Waals surface area contributed by atoms with Gasteiger partial charge in [0, 0.05) is 16.7 Å². The second-order valence-corrected chi connectivity index (χ2v) is 6.99. The van der Waals surface area contributed by atoms with E-state index in [1.807, 2.05) is 31.2 Å². The normalized spacial score (nSPS) is 13.0. The van der Waals surface area contributed by atoms with E-state index in [1.54, 1.807) is 12.1 Å². The Hall–Kier alpha value is -3.72. The number of nitrogens with two attached hydrogens (primary N) is 1. The minimum Gasteiger partial charge on any atom is -0.338 e. The molecule has 31 heavy (non-hydrogen) atoms. The number of amides is 2. The second-order valence-electron chi connectivity index (χ2n) is 6.99. The fourth-order valence-corrected chi connectivity index (χ4v) is 2.46. The minimum atomic E-state index is -3.13. The van der Waals surface area contributed by atoms with Crippen LogP contribution in [0.25, 0.3) is 0 Å². The van der Waals surface area contributed by atoms with Crippen LogP contribution >= 0.6 is 0 Å². The van der Waals surface area contributed by atoms with E-state index >= 15 is 0 Å². The monoisotopic (exact) mass is 425 g/mol. The standard InChI is InChI=1S/C23H21F2N3O3/c1-15-7-9-16(10-8-15)5-3-4-6-17-11-13-18(14-12-17)20(29)27-19(21(30)28-31)23(2,26)22(24)25/h7-14,19,22,31H,26H2,1-2H3,(H,27,29)(H,28,30)/t19-,23?/m1/s1. The zero-order valence-corrected chi connectivity index (χ0v) is 16.9. The molecular weight excluding hydrogens is 404 g/mol. The third-order valence-corrected chi connectivity index (χ3v) is 4.41. The Bertz CT molecular complexity index is 1060. The van der Waals surface area contributed by atoms with Crippen molar-refractivity contribution in [3.63, 3.8) is 0 Å². The molecule has 2 atom stereocenters. The number of carbonyl (C=O) groups excluding carboxylic acids is 2. The third-order valence-electron chi connectivity index (χ3n) is 4.41. The maximum Gasteiger partial charge on any atom is 0.268 e. The number of alkyl halides is 2. The highest BCUT2D eigenvalue weighted by atomic mass is 19.3. The minimum absolute atomic E-state index is 0.0945. The Labute approximate surface area is 178 Å². The molecule has 0 heterocycles. The van der Waals surface area contributed by atoms with E-state index in [1.165, 1.54) is 17.6 Å². The molecule has 8 heteroatoms. The summed E-state index contributed by atoms with van der Waals surface area (Å²) in [5.74, 6) is 9.11. The number of hydrogen-bond acceptors (Lipinski definition) is 4. The van der Waals surface area contributed by atoms with Crippen molar-refractivity contribution in [2.75, 3.05) is 0 Å². The van der Waals surface area contributed by atoms with Crippen molar-refractivity contribution in [2.45, 2.75) is 31.9 Å². The lowest BCUT2D eigenvalue weighted by Gasteiger charge is -2.32. The number of nitrogens with one attached hydrogen (secondary N) is 2. The smallest absolute Gasteiger partial charge is 0.268 e. The van der Waals surface area contributed by atoms with Gasteiger partial charge in [-0.2, -0.15) is 0 Å². The lowest BCUT2D eigenvalue weighted by Crippen LogP contribution is -2.66. The van der Waals surface area contributed by atoms with E-state index in [4.69, 9.17) is 10.9 Å². The highest BCUT2D eigenvalue weighted by molar-refractivity contribution is 5.98. The Morgan fingerprint density at radius 1 is 1.00 bits per heavy atom. The first kappa shape index (κ1) is 23.6. The Morgan fingerprint density at radius 2 is 1.48 bits per heavy atom. The Morgan fingerprint density at radius 3 is 1.94 bits per heavy atom. The van der Waals surface area contributed by atoms with Gasteiger partial charge in [-0.25, -0.2) is 14.3 Å². The van der Waals surface area contributed by atoms with E-state index in [-0.39, 0.29) is 5.56 Å². The van der Waals surface area contributed by atoms with E-state index in [0.717, 1.165) is 18.1 Å². The Balaban J connectivity index is 2.10. The molecule has 0 aromatic heterocycles. The largest absolute Gasteiger partial charge is 0.338 e. The highest BCUT2D eigenvalue weighted by Crippen LogP contribution is 2.18. The lowest BCUT2D eigenvalue weighted by atomic mass is 9.92. The van der Waals surface area contributed by atoms with Gasteiger partial charge in [0.2, 0.25) is 0 Å². The average Bonchev–Trinajstić information content (AvgIpc) is 2.75. The van der Waals surface area contributed by atoms with Gasteiger partial charge in [0.05, 0.1) is 0 Å². The van der Waals surface area contributed by atoms with Gasteiger partial charge in [-0.1, -0.05) is 29.5 Å². The summed E-state index contributed by atoms with van der Waals surface area (Å²) in [6, 6.07) is 11.7. The van der Waals surface area contributed by atoms with Crippen molar-refractivity contribution in [1.29, 1.82) is 0 Å². The molecule has 0 aliphatic rings. The number of benzene rings is 2. The SMILES string of the molecule is Cc1ccc(C#CC#Cc2ccc(C(=O)N[C@H](C(=O)NO)C(C)(N)C(F)F)cc2)cc1. The molecule has 2 amide bonds. The summed E-state index contributed by atoms with van der Waals surface area (Å²) in [6.07, 6.45) is -3.13. The van der Waals surface area contributed by atoms with Gasteiger partial charge < -0.3 is 11.1 Å². The van der Waals surface area contributed by atoms with Crippen LogP contribution in [0.15, 0.2) is 48.5 Å². The third kappa shape index (κ3) is 6.38. The fraction of sp³-hybridized carbons (Fsp3) is 0.217. The molecule has 2 aromatic carbocycles. The first-order valence-electron chi connectivity index (χ1n) is 9.15. The van der Waals surface area contributed by atoms with Crippen LogP contribution in [0.1, 0.15) is 34.0 Å². The summed E-state index contributed by atoms with van der Waals surface area (Å²) in [5, 5.41) is 10.9. The number of hydroxylamine groups is 1. The quantitative estimate of drug-likeness (QED) is 0.334. The molecule has 0 fully saturated rings. The predicted molar refractivity (Wildman–Crippen MR) is 111 cm³/mol. The maximum absolute atomic E-state index is 13.2. The zero-order chi connectivity index (χ0) is 23.0. The van der Waals surface area contributed by atoms with Crippen LogP contribution < -0.4 is 16.5 Å². The topological polar surface area (TPSA) is 104 Å². The van der Waals surface area contributed by atoms with Crippen LogP contribution in [0.5, 0.6) is 0 Å². The molecule has 160 valence electrons. The van der Waals surface area contributed by atoms with E-state index < -0.39 is 29.8 Å². The number of hydrogen-bond donors (Lipinski definition) is 4. The molecular formula is C23H21F2N3O3. The van der Waals surface area contributed by atoms with Gasteiger partial charge in [-0.15, -0.1) is 0 Å². The summed E-state index contributed by atoms with van der Waals surface area (Å²) in [7, 11) is 0. The van der Waals surface area contributed by atoms with E-state index in [0.29, 0.717) is 5.56 Å². The predicted octanol–water partition coefficient (Wildman–Crippen LogP) is 1.98. The van der Waals surface area contributed by atoms with E-state index in [2.05, 4.69) is 29.0 Å². The molecule has 0 aliphatic heterocycles. The van der Waals surface area contributed by atoms with Crippen LogP contribution in [-0.2, 0) is 4.79 Å². The molecule has 0 saturated heterocycles. The van der Waals surface area contributed by atoms with Crippen LogP contribution in [-0.4, -0.2) is 35.0 Å². The first-order chi connectivity index (χ1) is 14.6. The summed E-state index contributed by atoms with van der Waals surface area (Å²) < 4.78 is 26.3. The van der Waals surface area contributed by atoms with Crippen molar-refractivity contribution in [3.8, 4) is 23.7 Å². The van der Waals surface area contributed by atoms with Crippen molar-refractivity contribution in [2.24, 2.45) is 5.73 Å². The van der Waals surface area contributed by atoms with Crippen LogP contribution in [0, 0.1) is 30.6 Å². The maximum atomic E-state index is 13.2. The zero-order valence-electron chi connectivity index (χ0n) is 16.9. The van der Waals surface area contributed by atoms with Gasteiger partial charge in [0.1, 0.15) is 11.6 Å². The van der Waals surface area contributed by atoms with Gasteiger partial charge in [0.15, 0.2) is 0 Å². The molecule has 5 N–H and O–H groups in total. The molecule has 6 nitrogen and oxygen atoms in total. The highest BCUT2D eigenvalue weighted by Gasteiger charge is 2.44. The van der Waals surface area contributed by atoms with Gasteiger partial charge in [-0.3, -0.25) is 14.8 Å². The summed E-state index contributed by atoms with van der Waals surface area (Å²) in [4.78, 5) is 24.1. The van der Waals surface area contributed by atoms with Crippen molar-refractivity contribution in [1.82, 2.24) is 10.8 Å². The van der Waals surface area contributed by atoms with E-state index in [9.17, 15) is 18.4 Å². The van der Waals surface area contributed by atoms with Gasteiger partial charge in [0.25, 0.3) is 18.2 Å². The summed E-state index contributed by atoms with van der Waals surface area (Å²) in [6.45, 7) is 2.88. The Kier molecular flexibility index (Phi) is 7.87. The average molecular weight is 425 g/mol. The molecule has 1 unspecified atom stereocenters. The molecule has 2 rings (SSSR count). The van der Waals surface area contributed by atoms with Crippen molar-refractivity contribution >= 4 is 11.8 Å². The molecule has 0 saturated carbocycles. The molecule has 0 bridgehead atoms. The van der Waals surface area contributed by atoms with Crippen LogP contribution in [0.3, 0.4) is 0 Å². The number of halogens is 2. The number of rotatable bonds is 5. The first-order valence-corrected chi connectivity index (χ1v) is 9.15. The van der Waals surface area contributed by atoms with Crippen molar-refractivity contribution < 1.29 is 23.6 Å². The fourth-order valence-electron chi connectivity index (χ4n) is 2.46. The molecule has 2 aromatic rings. The van der Waals surface area contributed by atoms with Gasteiger partial charge in [-0.05, 0) is 62.1 Å². The van der Waals surface area contributed by atoms with Gasteiger partial charge >= 0.3 is 0 Å². The number of carbonyl (C=O) groups is 2. The van der Waals surface area contributed by atoms with Crippen LogP contribution in [0.2, 0.25) is 0 Å². The molecule has 0 aliphatic carbocycles. The summed E-state index contributed by atoms with van der Waals surface area (Å²) in [5.41, 5.74) is 6.96. The molecule has 0 spiro atoms. The number of aryl methyl sites for hydroxylation is 1.